The fourth-order valence-electron chi connectivity index (χ4n) is 3.69. The summed E-state index contributed by atoms with van der Waals surface area (Å²) in [4.78, 5) is 14.0. The smallest absolute Gasteiger partial charge is 0.107 e. The molecule has 4 heterocycles. The maximum Gasteiger partial charge on any atom is 0.107 e. The highest BCUT2D eigenvalue weighted by Crippen LogP contribution is 2.24. The molecule has 2 aliphatic heterocycles. The molecule has 0 amide bonds. The number of thiazole rings is 1. The number of nitrogens with zero attached hydrogens (tertiary/aromatic N) is 5. The molecule has 0 spiro atoms. The minimum absolute atomic E-state index is 0.518. The third-order valence-corrected chi connectivity index (χ3v) is 5.52. The molecule has 0 aliphatic carbocycles. The Morgan fingerprint density at radius 2 is 2.09 bits per heavy atom. The van der Waals surface area contributed by atoms with Gasteiger partial charge in [0.1, 0.15) is 5.01 Å². The second-order valence-corrected chi connectivity index (χ2v) is 7.38. The summed E-state index contributed by atoms with van der Waals surface area (Å²) in [6, 6.07) is 0.518. The highest BCUT2D eigenvalue weighted by Gasteiger charge is 2.27. The number of fused-ring (bicyclic) bond motifs is 1. The van der Waals surface area contributed by atoms with Gasteiger partial charge in [-0.3, -0.25) is 4.90 Å². The minimum Gasteiger partial charge on any atom is -0.328 e. The second kappa shape index (κ2) is 6.48. The molecule has 5 nitrogen and oxygen atoms in total. The Morgan fingerprint density at radius 3 is 2.91 bits per heavy atom. The van der Waals surface area contributed by atoms with Crippen LogP contribution in [0.4, 0.5) is 0 Å². The minimum atomic E-state index is 0.518. The van der Waals surface area contributed by atoms with Crippen LogP contribution in [0.2, 0.25) is 0 Å². The van der Waals surface area contributed by atoms with Gasteiger partial charge in [0.15, 0.2) is 0 Å². The van der Waals surface area contributed by atoms with Crippen LogP contribution in [0, 0.1) is 0 Å². The van der Waals surface area contributed by atoms with Crippen LogP contribution in [-0.2, 0) is 13.1 Å². The van der Waals surface area contributed by atoms with E-state index in [9.17, 15) is 0 Å². The van der Waals surface area contributed by atoms with Crippen molar-refractivity contribution in [2.45, 2.75) is 38.4 Å². The van der Waals surface area contributed by atoms with E-state index in [1.807, 2.05) is 18.7 Å². The van der Waals surface area contributed by atoms with E-state index in [0.29, 0.717) is 6.04 Å². The predicted molar refractivity (Wildman–Crippen MR) is 87.8 cm³/mol. The first kappa shape index (κ1) is 14.4. The fraction of sp³-hybridized carbons (Fsp3) is 0.625. The zero-order valence-corrected chi connectivity index (χ0v) is 13.7. The summed E-state index contributed by atoms with van der Waals surface area (Å²) in [5.74, 6) is 0. The second-order valence-electron chi connectivity index (χ2n) is 6.40. The Bertz CT molecular complexity index is 587. The Kier molecular flexibility index (Phi) is 4.23. The highest BCUT2D eigenvalue weighted by molar-refractivity contribution is 7.09. The van der Waals surface area contributed by atoms with Crippen LogP contribution in [-0.4, -0.2) is 50.5 Å². The molecule has 118 valence electrons. The van der Waals surface area contributed by atoms with Crippen molar-refractivity contribution in [3.63, 3.8) is 0 Å². The van der Waals surface area contributed by atoms with Gasteiger partial charge < -0.3 is 9.47 Å². The van der Waals surface area contributed by atoms with Crippen LogP contribution in [0.25, 0.3) is 0 Å². The molecule has 0 radical (unpaired) electrons. The van der Waals surface area contributed by atoms with Crippen molar-refractivity contribution in [3.05, 3.63) is 34.8 Å². The molecule has 1 saturated heterocycles. The Balaban J connectivity index is 1.47. The van der Waals surface area contributed by atoms with Gasteiger partial charge in [-0.2, -0.15) is 0 Å². The van der Waals surface area contributed by atoms with Crippen molar-refractivity contribution in [2.24, 2.45) is 0 Å². The van der Waals surface area contributed by atoms with Gasteiger partial charge in [-0.25, -0.2) is 9.97 Å². The van der Waals surface area contributed by atoms with Gasteiger partial charge in [-0.15, -0.1) is 11.3 Å². The zero-order valence-electron chi connectivity index (χ0n) is 12.9. The van der Waals surface area contributed by atoms with E-state index >= 15 is 0 Å². The fourth-order valence-corrected chi connectivity index (χ4v) is 4.35. The lowest BCUT2D eigenvalue weighted by molar-refractivity contribution is 0.128. The van der Waals surface area contributed by atoms with Gasteiger partial charge in [0.05, 0.1) is 24.6 Å². The van der Waals surface area contributed by atoms with E-state index in [4.69, 9.17) is 0 Å². The highest BCUT2D eigenvalue weighted by atomic mass is 32.1. The zero-order chi connectivity index (χ0) is 14.8. The largest absolute Gasteiger partial charge is 0.328 e. The summed E-state index contributed by atoms with van der Waals surface area (Å²) >= 11 is 1.75. The number of imidazole rings is 1. The maximum atomic E-state index is 4.44. The number of aromatic nitrogens is 3. The van der Waals surface area contributed by atoms with E-state index in [1.165, 1.54) is 43.1 Å². The van der Waals surface area contributed by atoms with E-state index < -0.39 is 0 Å². The lowest BCUT2D eigenvalue weighted by Gasteiger charge is -2.37. The Hall–Kier alpha value is -1.24. The predicted octanol–water partition coefficient (Wildman–Crippen LogP) is 2.38. The number of piperidine rings is 1. The summed E-state index contributed by atoms with van der Waals surface area (Å²) in [6.45, 7) is 6.70. The topological polar surface area (TPSA) is 37.2 Å². The van der Waals surface area contributed by atoms with E-state index in [1.54, 1.807) is 11.3 Å². The molecular weight excluding hydrogens is 294 g/mol. The van der Waals surface area contributed by atoms with E-state index in [0.717, 1.165) is 26.2 Å². The summed E-state index contributed by atoms with van der Waals surface area (Å²) in [6.07, 6.45) is 10.0. The van der Waals surface area contributed by atoms with Gasteiger partial charge in [0, 0.05) is 37.4 Å². The van der Waals surface area contributed by atoms with Crippen molar-refractivity contribution in [3.8, 4) is 0 Å². The third kappa shape index (κ3) is 3.09. The summed E-state index contributed by atoms with van der Waals surface area (Å²) in [5, 5.41) is 3.28. The van der Waals surface area contributed by atoms with Crippen LogP contribution in [0.3, 0.4) is 0 Å². The molecule has 2 aromatic rings. The normalized spacial score (nSPS) is 23.5. The average molecular weight is 317 g/mol. The number of hydrogen-bond acceptors (Lipinski definition) is 5. The van der Waals surface area contributed by atoms with Gasteiger partial charge in [-0.05, 0) is 25.9 Å². The molecule has 4 rings (SSSR count). The molecule has 0 aromatic carbocycles. The first-order valence-electron chi connectivity index (χ1n) is 8.22. The summed E-state index contributed by atoms with van der Waals surface area (Å²) in [7, 11) is 0. The molecule has 0 bridgehead atoms. The van der Waals surface area contributed by atoms with Crippen molar-refractivity contribution >= 4 is 11.3 Å². The molecular formula is C16H23N5S. The van der Waals surface area contributed by atoms with Gasteiger partial charge >= 0.3 is 0 Å². The monoisotopic (exact) mass is 317 g/mol. The standard InChI is InChI=1S/C16H23N5S/c1-2-5-19(6-3-1)10-15-11-20(12-16-18-4-7-22-16)9-14-8-17-13-21(14)15/h4,7-8,13,15H,1-3,5-6,9-12H2/t15-/m1/s1. The molecule has 6 heteroatoms. The molecule has 2 aromatic heterocycles. The van der Waals surface area contributed by atoms with Gasteiger partial charge in [0.2, 0.25) is 0 Å². The summed E-state index contributed by atoms with van der Waals surface area (Å²) in [5.41, 5.74) is 1.34. The van der Waals surface area contributed by atoms with Gasteiger partial charge in [-0.1, -0.05) is 6.42 Å². The van der Waals surface area contributed by atoms with E-state index in [2.05, 4.69) is 29.7 Å². The molecule has 1 atom stereocenters. The maximum absolute atomic E-state index is 4.44. The molecule has 0 N–H and O–H groups in total. The van der Waals surface area contributed by atoms with Crippen LogP contribution in [0.1, 0.15) is 36.0 Å². The Labute approximate surface area is 135 Å². The third-order valence-electron chi connectivity index (χ3n) is 4.75. The number of likely N-dealkylation sites (tertiary alicyclic amines) is 1. The van der Waals surface area contributed by atoms with Crippen LogP contribution >= 0.6 is 11.3 Å². The van der Waals surface area contributed by atoms with Crippen molar-refractivity contribution in [1.82, 2.24) is 24.3 Å². The molecule has 0 unspecified atom stereocenters. The lowest BCUT2D eigenvalue weighted by atomic mass is 10.1. The SMILES string of the molecule is c1csc(CN2Cc3cncn3[C@H](CN3CCCCC3)C2)n1. The number of hydrogen-bond donors (Lipinski definition) is 0. The quantitative estimate of drug-likeness (QED) is 0.868. The first-order chi connectivity index (χ1) is 10.9. The molecule has 2 aliphatic rings. The number of rotatable bonds is 4. The lowest BCUT2D eigenvalue weighted by Crippen LogP contribution is -2.43. The van der Waals surface area contributed by atoms with Crippen molar-refractivity contribution < 1.29 is 0 Å². The van der Waals surface area contributed by atoms with Crippen molar-refractivity contribution in [2.75, 3.05) is 26.2 Å². The molecule has 0 saturated carbocycles. The van der Waals surface area contributed by atoms with Crippen molar-refractivity contribution in [1.29, 1.82) is 0 Å². The van der Waals surface area contributed by atoms with Gasteiger partial charge in [0.25, 0.3) is 0 Å². The Morgan fingerprint density at radius 1 is 1.18 bits per heavy atom. The van der Waals surface area contributed by atoms with Crippen LogP contribution in [0.15, 0.2) is 24.1 Å². The van der Waals surface area contributed by atoms with Crippen LogP contribution in [0.5, 0.6) is 0 Å². The molecule has 1 fully saturated rings. The van der Waals surface area contributed by atoms with Crippen LogP contribution < -0.4 is 0 Å². The molecule has 22 heavy (non-hydrogen) atoms. The van der Waals surface area contributed by atoms with E-state index in [-0.39, 0.29) is 0 Å². The average Bonchev–Trinajstić information content (AvgIpc) is 3.20. The first-order valence-corrected chi connectivity index (χ1v) is 9.10. The summed E-state index contributed by atoms with van der Waals surface area (Å²) < 4.78 is 2.40.